The molecule has 0 unspecified atom stereocenters. The second-order valence-electron chi connectivity index (χ2n) is 10.0. The van der Waals surface area contributed by atoms with E-state index in [0.717, 1.165) is 31.2 Å². The van der Waals surface area contributed by atoms with Crippen LogP contribution in [0.2, 0.25) is 0 Å². The van der Waals surface area contributed by atoms with Gasteiger partial charge in [0.2, 0.25) is 5.79 Å². The molecule has 0 radical (unpaired) electrons. The first-order valence-electron chi connectivity index (χ1n) is 11.3. The molecule has 164 valence electrons. The molecule has 1 aliphatic carbocycles. The van der Waals surface area contributed by atoms with E-state index in [0.29, 0.717) is 18.4 Å². The molecule has 6 nitrogen and oxygen atoms in total. The average Bonchev–Trinajstić information content (AvgIpc) is 2.97. The van der Waals surface area contributed by atoms with Crippen molar-refractivity contribution >= 4 is 5.91 Å². The van der Waals surface area contributed by atoms with Crippen LogP contribution in [0.15, 0.2) is 30.3 Å². The normalized spacial score (nSPS) is 44.8. The average molecular weight is 416 g/mol. The zero-order valence-corrected chi connectivity index (χ0v) is 18.4. The van der Waals surface area contributed by atoms with Crippen molar-refractivity contribution < 1.29 is 24.0 Å². The van der Waals surface area contributed by atoms with Crippen LogP contribution in [0.4, 0.5) is 0 Å². The van der Waals surface area contributed by atoms with Crippen LogP contribution in [0.3, 0.4) is 0 Å². The summed E-state index contributed by atoms with van der Waals surface area (Å²) in [4.78, 5) is 27.2. The Kier molecular flexibility index (Phi) is 4.97. The highest BCUT2D eigenvalue weighted by Crippen LogP contribution is 2.60. The van der Waals surface area contributed by atoms with E-state index in [4.69, 9.17) is 19.2 Å². The van der Waals surface area contributed by atoms with E-state index in [1.54, 1.807) is 4.90 Å². The van der Waals surface area contributed by atoms with Crippen molar-refractivity contribution in [3.63, 3.8) is 0 Å². The molecule has 2 bridgehead atoms. The molecule has 1 aromatic rings. The number of nitrogens with zero attached hydrogens (tertiary/aromatic N) is 1. The van der Waals surface area contributed by atoms with E-state index in [-0.39, 0.29) is 17.7 Å². The fourth-order valence-electron chi connectivity index (χ4n) is 6.34. The second kappa shape index (κ2) is 7.30. The number of ether oxygens (including phenoxy) is 2. The fraction of sp³-hybridized carbons (Fsp3) is 0.708. The highest BCUT2D eigenvalue weighted by Gasteiger charge is 2.69. The van der Waals surface area contributed by atoms with Crippen LogP contribution in [0, 0.1) is 23.7 Å². The summed E-state index contributed by atoms with van der Waals surface area (Å²) in [6.07, 6.45) is 2.78. The van der Waals surface area contributed by atoms with Gasteiger partial charge >= 0.3 is 0 Å². The maximum atomic E-state index is 13.5. The molecule has 1 aromatic carbocycles. The zero-order chi connectivity index (χ0) is 21.1. The summed E-state index contributed by atoms with van der Waals surface area (Å²) in [5.74, 6) is 0.204. The number of amides is 1. The number of carbonyl (C=O) groups is 1. The Morgan fingerprint density at radius 1 is 1.10 bits per heavy atom. The molecule has 4 heterocycles. The Morgan fingerprint density at radius 2 is 1.87 bits per heavy atom. The summed E-state index contributed by atoms with van der Waals surface area (Å²) >= 11 is 0. The molecule has 6 heteroatoms. The number of carbonyl (C=O) groups excluding carboxylic acids is 1. The first-order valence-corrected chi connectivity index (χ1v) is 11.3. The van der Waals surface area contributed by atoms with Gasteiger partial charge in [-0.3, -0.25) is 4.79 Å². The molecular formula is C24H33NO5. The Morgan fingerprint density at radius 3 is 2.63 bits per heavy atom. The van der Waals surface area contributed by atoms with E-state index in [1.165, 1.54) is 0 Å². The molecule has 1 spiro atoms. The van der Waals surface area contributed by atoms with Crippen molar-refractivity contribution in [2.24, 2.45) is 23.7 Å². The third-order valence-corrected chi connectivity index (χ3v) is 8.04. The summed E-state index contributed by atoms with van der Waals surface area (Å²) in [6.45, 7) is 6.90. The molecule has 8 atom stereocenters. The van der Waals surface area contributed by atoms with Gasteiger partial charge in [0.05, 0.1) is 0 Å². The Balaban J connectivity index is 1.43. The standard InChI is InChI=1S/C24H33NO5/c1-15-10-11-19-16(2)20(21(26)25(4)14-17-8-6-5-7-9-17)27-22-24(19)18(15)12-13-23(3,28-22)29-30-24/h5-9,15-16,18-20,22H,10-14H2,1-4H3/t15-,16-,18+,19+,20-,22-,23-,24-/m1/s1. The van der Waals surface area contributed by atoms with Crippen molar-refractivity contribution in [1.82, 2.24) is 4.90 Å². The van der Waals surface area contributed by atoms with E-state index >= 15 is 0 Å². The fourth-order valence-corrected chi connectivity index (χ4v) is 6.34. The molecule has 0 N–H and O–H groups in total. The minimum absolute atomic E-state index is 0.00571. The summed E-state index contributed by atoms with van der Waals surface area (Å²) in [5.41, 5.74) is 0.482. The lowest BCUT2D eigenvalue weighted by molar-refractivity contribution is -0.569. The summed E-state index contributed by atoms with van der Waals surface area (Å²) < 4.78 is 12.8. The van der Waals surface area contributed by atoms with Gasteiger partial charge in [-0.2, -0.15) is 0 Å². The van der Waals surface area contributed by atoms with Crippen LogP contribution in [0.1, 0.15) is 52.0 Å². The minimum atomic E-state index is -0.818. The molecule has 6 rings (SSSR count). The lowest BCUT2D eigenvalue weighted by Crippen LogP contribution is -2.71. The third kappa shape index (κ3) is 3.03. The number of benzene rings is 1. The first-order chi connectivity index (χ1) is 14.3. The smallest absolute Gasteiger partial charge is 0.252 e. The SMILES string of the molecule is C[C@H]1[C@H](C(=O)N(C)Cc2ccccc2)O[C@@H]2O[C@@]3(C)CC[C@H]4[C@H](C)CC[C@@H]1[C@@]24OO3. The number of hydrogen-bond acceptors (Lipinski definition) is 5. The largest absolute Gasteiger partial charge is 0.339 e. The number of rotatable bonds is 3. The molecule has 4 aliphatic heterocycles. The van der Waals surface area contributed by atoms with Crippen LogP contribution in [-0.4, -0.2) is 41.6 Å². The Hall–Kier alpha value is -1.47. The van der Waals surface area contributed by atoms with Crippen LogP contribution < -0.4 is 0 Å². The molecule has 4 saturated heterocycles. The highest BCUT2D eigenvalue weighted by molar-refractivity contribution is 5.81. The number of hydrogen-bond donors (Lipinski definition) is 0. The van der Waals surface area contributed by atoms with Gasteiger partial charge in [0, 0.05) is 25.9 Å². The monoisotopic (exact) mass is 415 g/mol. The second-order valence-corrected chi connectivity index (χ2v) is 10.0. The summed E-state index contributed by atoms with van der Waals surface area (Å²) in [6, 6.07) is 10.1. The molecule has 0 aromatic heterocycles. The number of fused-ring (bicyclic) bond motifs is 2. The maximum Gasteiger partial charge on any atom is 0.252 e. The van der Waals surface area contributed by atoms with Gasteiger partial charge in [-0.25, -0.2) is 9.78 Å². The molecule has 5 fully saturated rings. The molecule has 5 aliphatic rings. The number of likely N-dealkylation sites (N-methyl/N-ethyl adjacent to an activating group) is 1. The maximum absolute atomic E-state index is 13.5. The lowest BCUT2D eigenvalue weighted by atomic mass is 9.57. The predicted molar refractivity (Wildman–Crippen MR) is 110 cm³/mol. The van der Waals surface area contributed by atoms with Crippen LogP contribution in [0.25, 0.3) is 0 Å². The van der Waals surface area contributed by atoms with Crippen molar-refractivity contribution in [2.45, 2.75) is 76.8 Å². The molecule has 1 amide bonds. The van der Waals surface area contributed by atoms with E-state index < -0.39 is 23.8 Å². The van der Waals surface area contributed by atoms with E-state index in [1.807, 2.05) is 44.3 Å². The van der Waals surface area contributed by atoms with Gasteiger partial charge in [0.1, 0.15) is 6.10 Å². The topological polar surface area (TPSA) is 57.2 Å². The Labute approximate surface area is 178 Å². The van der Waals surface area contributed by atoms with E-state index in [2.05, 4.69) is 13.8 Å². The van der Waals surface area contributed by atoms with Crippen LogP contribution in [0.5, 0.6) is 0 Å². The molecule has 1 saturated carbocycles. The van der Waals surface area contributed by atoms with Gasteiger partial charge in [0.15, 0.2) is 11.9 Å². The quantitative estimate of drug-likeness (QED) is 0.701. The summed E-state index contributed by atoms with van der Waals surface area (Å²) in [7, 11) is 1.85. The summed E-state index contributed by atoms with van der Waals surface area (Å²) in [5, 5.41) is 0. The van der Waals surface area contributed by atoms with Gasteiger partial charge in [-0.15, -0.1) is 0 Å². The van der Waals surface area contributed by atoms with E-state index in [9.17, 15) is 4.79 Å². The van der Waals surface area contributed by atoms with Crippen molar-refractivity contribution in [3.8, 4) is 0 Å². The van der Waals surface area contributed by atoms with Crippen molar-refractivity contribution in [3.05, 3.63) is 35.9 Å². The minimum Gasteiger partial charge on any atom is -0.339 e. The third-order valence-electron chi connectivity index (χ3n) is 8.04. The van der Waals surface area contributed by atoms with Crippen LogP contribution in [-0.2, 0) is 30.6 Å². The molecular weight excluding hydrogens is 382 g/mol. The first kappa shape index (κ1) is 20.4. The molecule has 30 heavy (non-hydrogen) atoms. The van der Waals surface area contributed by atoms with Gasteiger partial charge in [-0.05, 0) is 49.5 Å². The van der Waals surface area contributed by atoms with Gasteiger partial charge in [0.25, 0.3) is 5.91 Å². The highest BCUT2D eigenvalue weighted by atomic mass is 17.3. The van der Waals surface area contributed by atoms with Gasteiger partial charge in [-0.1, -0.05) is 44.2 Å². The van der Waals surface area contributed by atoms with Crippen molar-refractivity contribution in [1.29, 1.82) is 0 Å². The van der Waals surface area contributed by atoms with Crippen LogP contribution >= 0.6 is 0 Å². The lowest BCUT2D eigenvalue weighted by Gasteiger charge is -2.60. The predicted octanol–water partition coefficient (Wildman–Crippen LogP) is 3.90. The Bertz CT molecular complexity index is 802. The van der Waals surface area contributed by atoms with Gasteiger partial charge < -0.3 is 14.4 Å². The zero-order valence-electron chi connectivity index (χ0n) is 18.4. The van der Waals surface area contributed by atoms with Crippen molar-refractivity contribution in [2.75, 3.05) is 7.05 Å².